The highest BCUT2D eigenvalue weighted by atomic mass is 16.5. The van der Waals surface area contributed by atoms with Gasteiger partial charge in [-0.1, -0.05) is 38.1 Å². The van der Waals surface area contributed by atoms with Gasteiger partial charge < -0.3 is 14.6 Å². The van der Waals surface area contributed by atoms with Crippen molar-refractivity contribution in [3.63, 3.8) is 0 Å². The highest BCUT2D eigenvalue weighted by Crippen LogP contribution is 2.31. The first-order valence-electron chi connectivity index (χ1n) is 8.06. The summed E-state index contributed by atoms with van der Waals surface area (Å²) in [7, 11) is 0. The van der Waals surface area contributed by atoms with Crippen LogP contribution in [0.2, 0.25) is 0 Å². The molecule has 1 unspecified atom stereocenters. The van der Waals surface area contributed by atoms with Crippen molar-refractivity contribution >= 4 is 0 Å². The van der Waals surface area contributed by atoms with Crippen molar-refractivity contribution in [2.45, 2.75) is 57.7 Å². The normalized spacial score (nSPS) is 19.7. The first-order chi connectivity index (χ1) is 10.1. The second-order valence-corrected chi connectivity index (χ2v) is 6.23. The second kappa shape index (κ2) is 7.39. The van der Waals surface area contributed by atoms with E-state index in [2.05, 4.69) is 38.1 Å². The molecule has 0 bridgehead atoms. The predicted molar refractivity (Wildman–Crippen MR) is 84.7 cm³/mol. The van der Waals surface area contributed by atoms with E-state index < -0.39 is 11.7 Å². The zero-order chi connectivity index (χ0) is 15.3. The van der Waals surface area contributed by atoms with Crippen LogP contribution in [0, 0.1) is 0 Å². The molecular formula is C18H28O3. The molecule has 1 atom stereocenters. The number of aliphatic hydroxyl groups is 1. The highest BCUT2D eigenvalue weighted by Gasteiger charge is 2.40. The van der Waals surface area contributed by atoms with E-state index in [9.17, 15) is 5.11 Å². The molecule has 2 rings (SSSR count). The molecule has 1 aromatic rings. The molecule has 0 spiro atoms. The Morgan fingerprint density at radius 3 is 2.33 bits per heavy atom. The second-order valence-electron chi connectivity index (χ2n) is 6.23. The third-order valence-electron chi connectivity index (χ3n) is 4.45. The van der Waals surface area contributed by atoms with Gasteiger partial charge in [0.2, 0.25) is 0 Å². The summed E-state index contributed by atoms with van der Waals surface area (Å²) in [5.41, 5.74) is 2.06. The molecule has 1 aliphatic heterocycles. The maximum Gasteiger partial charge on any atom is 0.0987 e. The maximum atomic E-state index is 10.7. The molecule has 1 saturated heterocycles. The van der Waals surface area contributed by atoms with Gasteiger partial charge in [0, 0.05) is 39.1 Å². The Balaban J connectivity index is 2.05. The lowest BCUT2D eigenvalue weighted by Crippen LogP contribution is -2.50. The molecule has 0 amide bonds. The van der Waals surface area contributed by atoms with Crippen LogP contribution in [0.3, 0.4) is 0 Å². The largest absolute Gasteiger partial charge is 0.390 e. The van der Waals surface area contributed by atoms with Gasteiger partial charge >= 0.3 is 0 Å². The average Bonchev–Trinajstić information content (AvgIpc) is 2.49. The quantitative estimate of drug-likeness (QED) is 0.874. The molecule has 0 radical (unpaired) electrons. The van der Waals surface area contributed by atoms with E-state index in [-0.39, 0.29) is 0 Å². The van der Waals surface area contributed by atoms with Crippen LogP contribution in [0.5, 0.6) is 0 Å². The predicted octanol–water partition coefficient (Wildman–Crippen LogP) is 3.30. The summed E-state index contributed by atoms with van der Waals surface area (Å²) in [5.74, 6) is 0.536. The summed E-state index contributed by atoms with van der Waals surface area (Å²) in [6, 6.07) is 8.56. The Hall–Kier alpha value is -0.900. The van der Waals surface area contributed by atoms with E-state index >= 15 is 0 Å². The third kappa shape index (κ3) is 4.06. The van der Waals surface area contributed by atoms with Crippen LogP contribution in [0.4, 0.5) is 0 Å². The van der Waals surface area contributed by atoms with E-state index in [0.717, 1.165) is 18.4 Å². The lowest BCUT2D eigenvalue weighted by atomic mass is 9.84. The lowest BCUT2D eigenvalue weighted by molar-refractivity contribution is -0.165. The van der Waals surface area contributed by atoms with Crippen molar-refractivity contribution in [3.8, 4) is 0 Å². The summed E-state index contributed by atoms with van der Waals surface area (Å²) in [6.45, 7) is 8.34. The number of rotatable bonds is 6. The van der Waals surface area contributed by atoms with Crippen LogP contribution >= 0.6 is 0 Å². The van der Waals surface area contributed by atoms with Gasteiger partial charge in [-0.2, -0.15) is 0 Å². The summed E-state index contributed by atoms with van der Waals surface area (Å²) in [5, 5.41) is 10.7. The third-order valence-corrected chi connectivity index (χ3v) is 4.45. The van der Waals surface area contributed by atoms with E-state index in [0.29, 0.717) is 32.2 Å². The number of benzene rings is 1. The lowest BCUT2D eigenvalue weighted by Gasteiger charge is -2.40. The van der Waals surface area contributed by atoms with Crippen molar-refractivity contribution in [3.05, 3.63) is 35.4 Å². The van der Waals surface area contributed by atoms with Crippen LogP contribution < -0.4 is 0 Å². The standard InChI is InChI=1S/C18H28O3/c1-4-21-18(9-11-20-12-10-18)17(19)13-15-5-7-16(8-6-15)14(2)3/h5-8,14,17,19H,4,9-13H2,1-3H3. The van der Waals surface area contributed by atoms with Gasteiger partial charge in [0.25, 0.3) is 0 Å². The number of aliphatic hydroxyl groups excluding tert-OH is 1. The Morgan fingerprint density at radius 1 is 1.19 bits per heavy atom. The van der Waals surface area contributed by atoms with Crippen molar-refractivity contribution in [2.75, 3.05) is 19.8 Å². The van der Waals surface area contributed by atoms with Gasteiger partial charge in [0.1, 0.15) is 0 Å². The van der Waals surface area contributed by atoms with Crippen LogP contribution in [0.1, 0.15) is 50.7 Å². The summed E-state index contributed by atoms with van der Waals surface area (Å²) in [4.78, 5) is 0. The minimum absolute atomic E-state index is 0.441. The first-order valence-corrected chi connectivity index (χ1v) is 8.06. The SMILES string of the molecule is CCOC1(C(O)Cc2ccc(C(C)C)cc2)CCOCC1. The van der Waals surface area contributed by atoms with Crippen molar-refractivity contribution in [1.82, 2.24) is 0 Å². The molecule has 3 heteroatoms. The van der Waals surface area contributed by atoms with Crippen molar-refractivity contribution in [2.24, 2.45) is 0 Å². The Kier molecular flexibility index (Phi) is 5.80. The highest BCUT2D eigenvalue weighted by molar-refractivity contribution is 5.25. The molecule has 1 N–H and O–H groups in total. The van der Waals surface area contributed by atoms with Crippen molar-refractivity contribution < 1.29 is 14.6 Å². The zero-order valence-corrected chi connectivity index (χ0v) is 13.5. The van der Waals surface area contributed by atoms with Crippen LogP contribution in [0.25, 0.3) is 0 Å². The van der Waals surface area contributed by atoms with Crippen LogP contribution in [0.15, 0.2) is 24.3 Å². The smallest absolute Gasteiger partial charge is 0.0987 e. The molecule has 0 aliphatic carbocycles. The molecule has 1 aliphatic rings. The number of hydrogen-bond acceptors (Lipinski definition) is 3. The van der Waals surface area contributed by atoms with Crippen molar-refractivity contribution in [1.29, 1.82) is 0 Å². The maximum absolute atomic E-state index is 10.7. The molecular weight excluding hydrogens is 264 g/mol. The monoisotopic (exact) mass is 292 g/mol. The zero-order valence-electron chi connectivity index (χ0n) is 13.5. The fraction of sp³-hybridized carbons (Fsp3) is 0.667. The molecule has 1 aromatic carbocycles. The fourth-order valence-electron chi connectivity index (χ4n) is 3.03. The molecule has 0 aromatic heterocycles. The van der Waals surface area contributed by atoms with E-state index in [1.807, 2.05) is 6.92 Å². The van der Waals surface area contributed by atoms with Gasteiger partial charge in [-0.25, -0.2) is 0 Å². The van der Waals surface area contributed by atoms with E-state index in [1.54, 1.807) is 0 Å². The summed E-state index contributed by atoms with van der Waals surface area (Å²) in [6.07, 6.45) is 1.70. The van der Waals surface area contributed by atoms with Gasteiger partial charge in [-0.3, -0.25) is 0 Å². The molecule has 21 heavy (non-hydrogen) atoms. The first kappa shape index (κ1) is 16.5. The Labute approximate surface area is 128 Å². The minimum atomic E-state index is -0.480. The van der Waals surface area contributed by atoms with E-state index in [4.69, 9.17) is 9.47 Å². The van der Waals surface area contributed by atoms with Gasteiger partial charge in [0.15, 0.2) is 0 Å². The molecule has 1 fully saturated rings. The minimum Gasteiger partial charge on any atom is -0.390 e. The molecule has 1 heterocycles. The van der Waals surface area contributed by atoms with Gasteiger partial charge in [-0.05, 0) is 24.0 Å². The van der Waals surface area contributed by atoms with Crippen LogP contribution in [-0.4, -0.2) is 36.6 Å². The molecule has 118 valence electrons. The number of ether oxygens (including phenoxy) is 2. The summed E-state index contributed by atoms with van der Waals surface area (Å²) >= 11 is 0. The fourth-order valence-corrected chi connectivity index (χ4v) is 3.03. The Bertz CT molecular complexity index is 413. The molecule has 3 nitrogen and oxygen atoms in total. The van der Waals surface area contributed by atoms with Gasteiger partial charge in [0.05, 0.1) is 11.7 Å². The molecule has 0 saturated carbocycles. The van der Waals surface area contributed by atoms with Gasteiger partial charge in [-0.15, -0.1) is 0 Å². The summed E-state index contributed by atoms with van der Waals surface area (Å²) < 4.78 is 11.4. The number of hydrogen-bond donors (Lipinski definition) is 1. The topological polar surface area (TPSA) is 38.7 Å². The van der Waals surface area contributed by atoms with E-state index in [1.165, 1.54) is 5.56 Å². The van der Waals surface area contributed by atoms with Crippen LogP contribution in [-0.2, 0) is 15.9 Å². The Morgan fingerprint density at radius 2 is 1.81 bits per heavy atom. The average molecular weight is 292 g/mol.